The normalized spacial score (nSPS) is 11.8. The summed E-state index contributed by atoms with van der Waals surface area (Å²) >= 11 is 11.2. The van der Waals surface area contributed by atoms with Crippen LogP contribution in [0.5, 0.6) is 5.88 Å². The van der Waals surface area contributed by atoms with Gasteiger partial charge in [-0.15, -0.1) is 0 Å². The highest BCUT2D eigenvalue weighted by Crippen LogP contribution is 2.23. The first-order valence-electron chi connectivity index (χ1n) is 10.1. The Morgan fingerprint density at radius 1 is 1.18 bits per heavy atom. The van der Waals surface area contributed by atoms with Crippen LogP contribution in [0.15, 0.2) is 65.1 Å². The zero-order valence-electron chi connectivity index (χ0n) is 18.4. The maximum Gasteiger partial charge on any atom is 0.411 e. The van der Waals surface area contributed by atoms with E-state index in [9.17, 15) is 14.7 Å². The number of amides is 1. The van der Waals surface area contributed by atoms with E-state index in [0.29, 0.717) is 16.4 Å². The fourth-order valence-corrected chi connectivity index (χ4v) is 3.46. The molecule has 0 unspecified atom stereocenters. The number of halogens is 1. The molecule has 0 fully saturated rings. The van der Waals surface area contributed by atoms with Gasteiger partial charge in [-0.1, -0.05) is 41.9 Å². The predicted molar refractivity (Wildman–Crippen MR) is 131 cm³/mol. The molecule has 0 saturated carbocycles. The van der Waals surface area contributed by atoms with Gasteiger partial charge in [-0.3, -0.25) is 19.7 Å². The van der Waals surface area contributed by atoms with Crippen molar-refractivity contribution < 1.29 is 14.6 Å². The van der Waals surface area contributed by atoms with Crippen molar-refractivity contribution in [2.75, 3.05) is 0 Å². The molecular weight excluding hydrogens is 462 g/mol. The third-order valence-electron chi connectivity index (χ3n) is 4.42. The number of alkyl carbamates (subject to hydrolysis) is 1. The molecule has 7 nitrogen and oxygen atoms in total. The number of hydrogen-bond donors (Lipinski definition) is 3. The number of nitrogens with zero attached hydrogens (tertiary/aromatic N) is 1. The number of allylic oxidation sites excluding steroid dienone is 1. The van der Waals surface area contributed by atoms with Crippen LogP contribution in [0.2, 0.25) is 5.02 Å². The average molecular weight is 486 g/mol. The number of nitrogens with one attached hydrogen (secondary N) is 2. The Labute approximate surface area is 201 Å². The van der Waals surface area contributed by atoms with E-state index in [0.717, 1.165) is 5.56 Å². The molecule has 3 rings (SSSR count). The molecule has 0 saturated heterocycles. The van der Waals surface area contributed by atoms with Crippen molar-refractivity contribution in [3.05, 3.63) is 91.6 Å². The SMILES string of the molecule is CC(C)(C)OC(=O)NC(=Cc1c(O)n(-c2ccc(Cl)cc2)c(=S)[nH]c1=O)Cc1ccccc1. The van der Waals surface area contributed by atoms with Gasteiger partial charge in [-0.25, -0.2) is 4.79 Å². The first kappa shape index (κ1) is 24.3. The second-order valence-corrected chi connectivity index (χ2v) is 9.09. The van der Waals surface area contributed by atoms with Crippen LogP contribution in [0.4, 0.5) is 4.79 Å². The van der Waals surface area contributed by atoms with Gasteiger partial charge in [0.15, 0.2) is 4.77 Å². The fourth-order valence-electron chi connectivity index (χ4n) is 3.05. The van der Waals surface area contributed by atoms with Crippen LogP contribution in [-0.4, -0.2) is 26.4 Å². The van der Waals surface area contributed by atoms with Gasteiger partial charge in [0.2, 0.25) is 5.88 Å². The summed E-state index contributed by atoms with van der Waals surface area (Å²) in [6.07, 6.45) is 1.02. The molecule has 0 bridgehead atoms. The number of rotatable bonds is 5. The summed E-state index contributed by atoms with van der Waals surface area (Å²) in [6, 6.07) is 16.0. The molecule has 0 radical (unpaired) electrons. The van der Waals surface area contributed by atoms with Gasteiger partial charge < -0.3 is 9.84 Å². The number of carbonyl (C=O) groups excluding carboxylic acids is 1. The van der Waals surface area contributed by atoms with Crippen molar-refractivity contribution in [3.63, 3.8) is 0 Å². The summed E-state index contributed by atoms with van der Waals surface area (Å²) in [4.78, 5) is 27.7. The van der Waals surface area contributed by atoms with Crippen LogP contribution in [0.1, 0.15) is 31.9 Å². The highest BCUT2D eigenvalue weighted by molar-refractivity contribution is 7.71. The van der Waals surface area contributed by atoms with Gasteiger partial charge >= 0.3 is 6.09 Å². The third-order valence-corrected chi connectivity index (χ3v) is 4.96. The van der Waals surface area contributed by atoms with Crippen LogP contribution in [0, 0.1) is 4.77 Å². The Hall–Kier alpha value is -3.36. The van der Waals surface area contributed by atoms with Gasteiger partial charge in [-0.2, -0.15) is 0 Å². The summed E-state index contributed by atoms with van der Waals surface area (Å²) in [7, 11) is 0. The summed E-state index contributed by atoms with van der Waals surface area (Å²) in [5.74, 6) is -0.373. The van der Waals surface area contributed by atoms with Crippen LogP contribution in [0.3, 0.4) is 0 Å². The van der Waals surface area contributed by atoms with E-state index in [2.05, 4.69) is 10.3 Å². The van der Waals surface area contributed by atoms with Crippen LogP contribution in [-0.2, 0) is 11.2 Å². The molecule has 0 atom stereocenters. The molecule has 0 aliphatic heterocycles. The second-order valence-electron chi connectivity index (χ2n) is 8.27. The van der Waals surface area contributed by atoms with Crippen LogP contribution >= 0.6 is 23.8 Å². The standard InChI is InChI=1S/C24H24ClN3O4S/c1-24(2,3)32-23(31)26-17(13-15-7-5-4-6-8-15)14-19-20(29)27-22(33)28(21(19)30)18-11-9-16(25)10-12-18/h4-12,14,30H,13H2,1-3H3,(H,26,31)(H,27,29,33). The Bertz CT molecular complexity index is 1290. The Morgan fingerprint density at radius 2 is 1.82 bits per heavy atom. The minimum absolute atomic E-state index is 0.0154. The smallest absolute Gasteiger partial charge is 0.411 e. The highest BCUT2D eigenvalue weighted by Gasteiger charge is 2.19. The largest absolute Gasteiger partial charge is 0.494 e. The van der Waals surface area contributed by atoms with E-state index in [4.69, 9.17) is 28.6 Å². The van der Waals surface area contributed by atoms with E-state index < -0.39 is 17.3 Å². The highest BCUT2D eigenvalue weighted by atomic mass is 35.5. The van der Waals surface area contributed by atoms with E-state index >= 15 is 0 Å². The molecule has 3 aromatic rings. The molecule has 33 heavy (non-hydrogen) atoms. The van der Waals surface area contributed by atoms with Gasteiger partial charge in [0, 0.05) is 17.1 Å². The summed E-state index contributed by atoms with van der Waals surface area (Å²) in [6.45, 7) is 5.25. The number of benzene rings is 2. The number of aromatic nitrogens is 2. The zero-order valence-corrected chi connectivity index (χ0v) is 20.0. The van der Waals surface area contributed by atoms with Gasteiger partial charge in [0.05, 0.1) is 5.69 Å². The maximum absolute atomic E-state index is 12.7. The molecule has 172 valence electrons. The molecule has 2 aromatic carbocycles. The number of aromatic amines is 1. The molecule has 0 spiro atoms. The summed E-state index contributed by atoms with van der Waals surface area (Å²) in [5, 5.41) is 14.2. The molecule has 0 aliphatic rings. The topological polar surface area (TPSA) is 96.3 Å². The summed E-state index contributed by atoms with van der Waals surface area (Å²) < 4.78 is 6.68. The third kappa shape index (κ3) is 6.57. The molecule has 1 aromatic heterocycles. The number of ether oxygens (including phenoxy) is 1. The first-order chi connectivity index (χ1) is 15.5. The number of hydrogen-bond acceptors (Lipinski definition) is 5. The first-order valence-corrected chi connectivity index (χ1v) is 10.9. The van der Waals surface area contributed by atoms with Gasteiger partial charge in [0.1, 0.15) is 11.2 Å². The van der Waals surface area contributed by atoms with Crippen molar-refractivity contribution in [1.82, 2.24) is 14.9 Å². The van der Waals surface area contributed by atoms with Gasteiger partial charge in [0.25, 0.3) is 5.56 Å². The van der Waals surface area contributed by atoms with E-state index in [1.807, 2.05) is 30.3 Å². The predicted octanol–water partition coefficient (Wildman–Crippen LogP) is 5.36. The Kier molecular flexibility index (Phi) is 7.40. The average Bonchev–Trinajstić information content (AvgIpc) is 2.71. The molecule has 9 heteroatoms. The van der Waals surface area contributed by atoms with Crippen LogP contribution < -0.4 is 10.9 Å². The van der Waals surface area contributed by atoms with Crippen molar-refractivity contribution in [2.45, 2.75) is 32.8 Å². The molecule has 0 aliphatic carbocycles. The van der Waals surface area contributed by atoms with Crippen molar-refractivity contribution in [2.24, 2.45) is 0 Å². The monoisotopic (exact) mass is 485 g/mol. The van der Waals surface area contributed by atoms with Crippen molar-refractivity contribution in [3.8, 4) is 11.6 Å². The lowest BCUT2D eigenvalue weighted by atomic mass is 10.1. The fraction of sp³-hybridized carbons (Fsp3) is 0.208. The molecule has 3 N–H and O–H groups in total. The van der Waals surface area contributed by atoms with E-state index in [1.54, 1.807) is 45.0 Å². The lowest BCUT2D eigenvalue weighted by molar-refractivity contribution is 0.0545. The van der Waals surface area contributed by atoms with E-state index in [-0.39, 0.29) is 22.6 Å². The lowest BCUT2D eigenvalue weighted by Gasteiger charge is -2.21. The maximum atomic E-state index is 12.7. The quantitative estimate of drug-likeness (QED) is 0.422. The lowest BCUT2D eigenvalue weighted by Crippen LogP contribution is -2.32. The number of H-pyrrole nitrogens is 1. The Morgan fingerprint density at radius 3 is 2.42 bits per heavy atom. The minimum atomic E-state index is -0.705. The molecule has 1 amide bonds. The van der Waals surface area contributed by atoms with Crippen LogP contribution in [0.25, 0.3) is 11.8 Å². The van der Waals surface area contributed by atoms with E-state index in [1.165, 1.54) is 10.6 Å². The number of carbonyl (C=O) groups is 1. The summed E-state index contributed by atoms with van der Waals surface area (Å²) in [5.41, 5.74) is 0.387. The molecule has 1 heterocycles. The second kappa shape index (κ2) is 10.1. The van der Waals surface area contributed by atoms with Gasteiger partial charge in [-0.05, 0) is 68.9 Å². The van der Waals surface area contributed by atoms with Crippen molar-refractivity contribution >= 4 is 36.0 Å². The molecular formula is C24H24ClN3O4S. The van der Waals surface area contributed by atoms with Crippen molar-refractivity contribution in [1.29, 1.82) is 0 Å². The Balaban J connectivity index is 2.09. The zero-order chi connectivity index (χ0) is 24.2. The number of aromatic hydroxyl groups is 1. The minimum Gasteiger partial charge on any atom is -0.494 e.